The quantitative estimate of drug-likeness (QED) is 0.416. The van der Waals surface area contributed by atoms with Crippen molar-refractivity contribution < 1.29 is 13.9 Å². The van der Waals surface area contributed by atoms with E-state index >= 15 is 0 Å². The molecule has 0 N–H and O–H groups in total. The van der Waals surface area contributed by atoms with Gasteiger partial charge in [-0.25, -0.2) is 0 Å². The Morgan fingerprint density at radius 2 is 1.28 bits per heavy atom. The van der Waals surface area contributed by atoms with Crippen LogP contribution in [0.1, 0.15) is 17.5 Å². The molecule has 0 amide bonds. The summed E-state index contributed by atoms with van der Waals surface area (Å²) in [6.07, 6.45) is 0.942. The summed E-state index contributed by atoms with van der Waals surface area (Å²) in [5.74, 6) is 0. The first-order valence-corrected chi connectivity index (χ1v) is 12.3. The molecule has 4 heteroatoms. The van der Waals surface area contributed by atoms with Crippen LogP contribution in [0.2, 0.25) is 19.6 Å². The van der Waals surface area contributed by atoms with Crippen LogP contribution in [0.4, 0.5) is 0 Å². The van der Waals surface area contributed by atoms with Gasteiger partial charge in [-0.1, -0.05) is 60.7 Å². The molecule has 0 radical (unpaired) electrons. The van der Waals surface area contributed by atoms with E-state index in [9.17, 15) is 0 Å². The Kier molecular flexibility index (Phi) is 8.35. The summed E-state index contributed by atoms with van der Waals surface area (Å²) in [6.45, 7) is 9.18. The minimum Gasteiger partial charge on any atom is -0.412 e. The van der Waals surface area contributed by atoms with Gasteiger partial charge in [-0.15, -0.1) is 0 Å². The molecule has 0 saturated carbocycles. The number of benzene rings is 2. The first kappa shape index (κ1) is 19.9. The zero-order chi connectivity index (χ0) is 18.0. The van der Waals surface area contributed by atoms with Gasteiger partial charge in [-0.05, 0) is 37.2 Å². The van der Waals surface area contributed by atoms with E-state index in [-0.39, 0.29) is 6.10 Å². The summed E-state index contributed by atoms with van der Waals surface area (Å²) in [5, 5.41) is 0. The van der Waals surface area contributed by atoms with E-state index in [4.69, 9.17) is 13.9 Å². The van der Waals surface area contributed by atoms with Gasteiger partial charge in [0.1, 0.15) is 0 Å². The lowest BCUT2D eigenvalue weighted by Crippen LogP contribution is -2.35. The molecule has 25 heavy (non-hydrogen) atoms. The van der Waals surface area contributed by atoms with Gasteiger partial charge in [0.05, 0.1) is 25.9 Å². The molecule has 0 saturated heterocycles. The van der Waals surface area contributed by atoms with Gasteiger partial charge in [0.15, 0.2) is 8.32 Å². The molecule has 3 nitrogen and oxygen atoms in total. The van der Waals surface area contributed by atoms with Gasteiger partial charge >= 0.3 is 0 Å². The summed E-state index contributed by atoms with van der Waals surface area (Å²) in [5.41, 5.74) is 2.39. The molecule has 0 heterocycles. The number of ether oxygens (including phenoxy) is 2. The fourth-order valence-corrected chi connectivity index (χ4v) is 3.72. The maximum atomic E-state index is 6.26. The monoisotopic (exact) mass is 358 g/mol. The third-order valence-electron chi connectivity index (χ3n) is 3.63. The van der Waals surface area contributed by atoms with Crippen molar-refractivity contribution in [1.29, 1.82) is 0 Å². The second kappa shape index (κ2) is 10.5. The fraction of sp³-hybridized carbons (Fsp3) is 0.429. The Morgan fingerprint density at radius 3 is 1.80 bits per heavy atom. The van der Waals surface area contributed by atoms with Crippen LogP contribution in [0.15, 0.2) is 60.7 Å². The lowest BCUT2D eigenvalue weighted by Gasteiger charge is -2.26. The summed E-state index contributed by atoms with van der Waals surface area (Å²) in [6, 6.07) is 20.5. The molecule has 0 aliphatic rings. The molecule has 1 atom stereocenters. The van der Waals surface area contributed by atoms with E-state index in [2.05, 4.69) is 43.9 Å². The zero-order valence-electron chi connectivity index (χ0n) is 15.6. The van der Waals surface area contributed by atoms with Crippen LogP contribution in [0, 0.1) is 0 Å². The molecule has 0 bridgehead atoms. The highest BCUT2D eigenvalue weighted by molar-refractivity contribution is 6.69. The number of hydrogen-bond acceptors (Lipinski definition) is 3. The van der Waals surface area contributed by atoms with Crippen molar-refractivity contribution in [2.75, 3.05) is 13.2 Å². The Morgan fingerprint density at radius 1 is 0.760 bits per heavy atom. The topological polar surface area (TPSA) is 27.7 Å². The second-order valence-electron chi connectivity index (χ2n) is 7.18. The van der Waals surface area contributed by atoms with Crippen LogP contribution in [-0.4, -0.2) is 27.6 Å². The van der Waals surface area contributed by atoms with Crippen LogP contribution < -0.4 is 0 Å². The van der Waals surface area contributed by atoms with E-state index < -0.39 is 8.32 Å². The maximum Gasteiger partial charge on any atom is 0.184 e. The molecular weight excluding hydrogens is 328 g/mol. The molecule has 0 aliphatic carbocycles. The molecule has 2 aromatic carbocycles. The maximum absolute atomic E-state index is 6.26. The van der Waals surface area contributed by atoms with E-state index in [1.165, 1.54) is 11.1 Å². The van der Waals surface area contributed by atoms with Crippen LogP contribution in [-0.2, 0) is 27.1 Å². The Balaban J connectivity index is 1.73. The lowest BCUT2D eigenvalue weighted by atomic mass is 10.2. The minimum absolute atomic E-state index is 0.0890. The van der Waals surface area contributed by atoms with Crippen molar-refractivity contribution in [2.24, 2.45) is 0 Å². The lowest BCUT2D eigenvalue weighted by molar-refractivity contribution is 0.0136. The van der Waals surface area contributed by atoms with Crippen molar-refractivity contribution in [3.8, 4) is 0 Å². The van der Waals surface area contributed by atoms with Crippen molar-refractivity contribution >= 4 is 8.32 Å². The van der Waals surface area contributed by atoms with Gasteiger partial charge < -0.3 is 13.9 Å². The standard InChI is InChI=1S/C21H30O3Si/c1-25(2,3)24-21(18-23-17-20-12-8-5-9-13-20)14-15-22-16-19-10-6-4-7-11-19/h4-13,21H,14-18H2,1-3H3. The predicted octanol–water partition coefficient (Wildman–Crippen LogP) is 5.03. The van der Waals surface area contributed by atoms with Crippen LogP contribution in [0.25, 0.3) is 0 Å². The van der Waals surface area contributed by atoms with Crippen LogP contribution in [0.3, 0.4) is 0 Å². The third-order valence-corrected chi connectivity index (χ3v) is 4.67. The molecule has 0 aromatic heterocycles. The highest BCUT2D eigenvalue weighted by Gasteiger charge is 2.21. The Labute approximate surface area is 153 Å². The fourth-order valence-electron chi connectivity index (χ4n) is 2.54. The van der Waals surface area contributed by atoms with Crippen LogP contribution >= 0.6 is 0 Å². The predicted molar refractivity (Wildman–Crippen MR) is 105 cm³/mol. The van der Waals surface area contributed by atoms with Gasteiger partial charge in [0.2, 0.25) is 0 Å². The highest BCUT2D eigenvalue weighted by Crippen LogP contribution is 2.12. The first-order chi connectivity index (χ1) is 12.0. The van der Waals surface area contributed by atoms with E-state index in [0.29, 0.717) is 26.4 Å². The van der Waals surface area contributed by atoms with Gasteiger partial charge in [0, 0.05) is 6.61 Å². The summed E-state index contributed by atoms with van der Waals surface area (Å²) in [7, 11) is -1.61. The molecule has 0 fully saturated rings. The average Bonchev–Trinajstić information content (AvgIpc) is 2.59. The normalized spacial score (nSPS) is 12.9. The largest absolute Gasteiger partial charge is 0.412 e. The zero-order valence-corrected chi connectivity index (χ0v) is 16.6. The van der Waals surface area contributed by atoms with Crippen LogP contribution in [0.5, 0.6) is 0 Å². The average molecular weight is 359 g/mol. The highest BCUT2D eigenvalue weighted by atomic mass is 28.4. The third kappa shape index (κ3) is 8.98. The Hall–Kier alpha value is -1.46. The van der Waals surface area contributed by atoms with E-state index in [0.717, 1.165) is 6.42 Å². The summed E-state index contributed by atoms with van der Waals surface area (Å²) in [4.78, 5) is 0. The smallest absolute Gasteiger partial charge is 0.184 e. The molecule has 0 spiro atoms. The van der Waals surface area contributed by atoms with Gasteiger partial charge in [0.25, 0.3) is 0 Å². The number of rotatable bonds is 11. The van der Waals surface area contributed by atoms with Crippen molar-refractivity contribution in [3.05, 3.63) is 71.8 Å². The molecule has 1 unspecified atom stereocenters. The summed E-state index contributed by atoms with van der Waals surface area (Å²) >= 11 is 0. The summed E-state index contributed by atoms with van der Waals surface area (Å²) < 4.78 is 18.0. The molecule has 2 aromatic rings. The van der Waals surface area contributed by atoms with Crippen molar-refractivity contribution in [1.82, 2.24) is 0 Å². The second-order valence-corrected chi connectivity index (χ2v) is 11.6. The minimum atomic E-state index is -1.61. The molecule has 136 valence electrons. The van der Waals surface area contributed by atoms with Crippen molar-refractivity contribution in [2.45, 2.75) is 45.4 Å². The molecule has 2 rings (SSSR count). The first-order valence-electron chi connectivity index (χ1n) is 8.94. The van der Waals surface area contributed by atoms with E-state index in [1.54, 1.807) is 0 Å². The SMILES string of the molecule is C[Si](C)(C)OC(CCOCc1ccccc1)COCc1ccccc1. The van der Waals surface area contributed by atoms with E-state index in [1.807, 2.05) is 36.4 Å². The van der Waals surface area contributed by atoms with Gasteiger partial charge in [-0.3, -0.25) is 0 Å². The number of hydrogen-bond donors (Lipinski definition) is 0. The Bertz CT molecular complexity index is 581. The van der Waals surface area contributed by atoms with Crippen molar-refractivity contribution in [3.63, 3.8) is 0 Å². The molecular formula is C21H30O3Si. The molecule has 0 aliphatic heterocycles. The van der Waals surface area contributed by atoms with Gasteiger partial charge in [-0.2, -0.15) is 0 Å².